The summed E-state index contributed by atoms with van der Waals surface area (Å²) in [5.74, 6) is 0.489. The third-order valence-electron chi connectivity index (χ3n) is 2.70. The Kier molecular flexibility index (Phi) is 7.12. The second-order valence-corrected chi connectivity index (χ2v) is 7.63. The van der Waals surface area contributed by atoms with Crippen molar-refractivity contribution in [1.29, 1.82) is 0 Å². The Morgan fingerprint density at radius 2 is 2.16 bits per heavy atom. The Morgan fingerprint density at radius 1 is 1.47 bits per heavy atom. The summed E-state index contributed by atoms with van der Waals surface area (Å²) in [5.41, 5.74) is 4.83. The van der Waals surface area contributed by atoms with Crippen LogP contribution < -0.4 is 11.1 Å². The van der Waals surface area contributed by atoms with Crippen LogP contribution >= 0.6 is 34.9 Å². The van der Waals surface area contributed by atoms with Crippen molar-refractivity contribution < 1.29 is 4.79 Å². The highest BCUT2D eigenvalue weighted by molar-refractivity contribution is 8.02. The number of amides is 1. The van der Waals surface area contributed by atoms with E-state index in [0.717, 1.165) is 27.4 Å². The molecular formula is C11H20N4OS3. The second-order valence-electron chi connectivity index (χ2n) is 4.26. The van der Waals surface area contributed by atoms with Crippen LogP contribution in [0.4, 0.5) is 0 Å². The van der Waals surface area contributed by atoms with Gasteiger partial charge in [-0.2, -0.15) is 0 Å². The third kappa shape index (κ3) is 5.29. The first-order valence-electron chi connectivity index (χ1n) is 6.07. The van der Waals surface area contributed by atoms with Crippen molar-refractivity contribution in [3.05, 3.63) is 0 Å². The lowest BCUT2D eigenvalue weighted by molar-refractivity contribution is -0.123. The maximum Gasteiger partial charge on any atom is 0.237 e. The first-order valence-corrected chi connectivity index (χ1v) is 9.09. The molecule has 0 radical (unpaired) electrons. The number of carbonyl (C=O) groups excluding carboxylic acids is 1. The molecule has 1 atom stereocenters. The van der Waals surface area contributed by atoms with E-state index in [-0.39, 0.29) is 5.91 Å². The number of nitrogens with one attached hydrogen (secondary N) is 1. The van der Waals surface area contributed by atoms with Gasteiger partial charge in [-0.05, 0) is 32.6 Å². The van der Waals surface area contributed by atoms with Crippen molar-refractivity contribution in [2.75, 3.05) is 18.6 Å². The molecule has 1 amide bonds. The van der Waals surface area contributed by atoms with Crippen LogP contribution in [0.15, 0.2) is 8.68 Å². The quantitative estimate of drug-likeness (QED) is 0.677. The number of primary amides is 1. The number of hydrogen-bond donors (Lipinski definition) is 2. The standard InChI is InChI=1S/C11H20N4OS3/c1-4-6-13-11(2,8(12)16)5-7-18-10-15-14-9(17-3)19-10/h13H,4-7H2,1-3H3,(H2,12,16). The number of nitrogens with zero attached hydrogens (tertiary/aromatic N) is 2. The third-order valence-corrected chi connectivity index (χ3v) is 5.73. The van der Waals surface area contributed by atoms with E-state index in [9.17, 15) is 4.79 Å². The van der Waals surface area contributed by atoms with Crippen LogP contribution in [0.25, 0.3) is 0 Å². The Morgan fingerprint density at radius 3 is 2.68 bits per heavy atom. The van der Waals surface area contributed by atoms with Crippen LogP contribution in [0.3, 0.4) is 0 Å². The van der Waals surface area contributed by atoms with Crippen LogP contribution in [-0.2, 0) is 4.79 Å². The van der Waals surface area contributed by atoms with Gasteiger partial charge in [0.25, 0.3) is 0 Å². The van der Waals surface area contributed by atoms with Crippen molar-refractivity contribution >= 4 is 40.8 Å². The van der Waals surface area contributed by atoms with Gasteiger partial charge in [0.05, 0.1) is 5.54 Å². The molecular weight excluding hydrogens is 300 g/mol. The van der Waals surface area contributed by atoms with E-state index in [0.29, 0.717) is 6.42 Å². The zero-order valence-electron chi connectivity index (χ0n) is 11.4. The average molecular weight is 321 g/mol. The van der Waals surface area contributed by atoms with Gasteiger partial charge in [0.15, 0.2) is 8.68 Å². The molecule has 1 aromatic heterocycles. The molecule has 0 saturated heterocycles. The van der Waals surface area contributed by atoms with Crippen molar-refractivity contribution in [2.45, 2.75) is 40.9 Å². The highest BCUT2D eigenvalue weighted by atomic mass is 32.2. The minimum atomic E-state index is -0.643. The van der Waals surface area contributed by atoms with E-state index in [2.05, 4.69) is 22.4 Å². The normalized spacial score (nSPS) is 14.3. The topological polar surface area (TPSA) is 80.9 Å². The summed E-state index contributed by atoms with van der Waals surface area (Å²) in [5, 5.41) is 11.3. The fourth-order valence-corrected chi connectivity index (χ4v) is 4.05. The Balaban J connectivity index is 2.45. The molecule has 0 aromatic carbocycles. The van der Waals surface area contributed by atoms with Gasteiger partial charge in [-0.15, -0.1) is 10.2 Å². The Hall–Kier alpha value is -0.310. The molecule has 19 heavy (non-hydrogen) atoms. The molecule has 0 aliphatic rings. The molecule has 0 bridgehead atoms. The SMILES string of the molecule is CCCNC(C)(CCSc1nnc(SC)s1)C(N)=O. The molecule has 0 spiro atoms. The maximum absolute atomic E-state index is 11.5. The molecule has 1 aromatic rings. The molecule has 0 aliphatic carbocycles. The summed E-state index contributed by atoms with van der Waals surface area (Å²) >= 11 is 4.78. The molecule has 0 saturated carbocycles. The zero-order valence-corrected chi connectivity index (χ0v) is 13.9. The molecule has 1 rings (SSSR count). The lowest BCUT2D eigenvalue weighted by atomic mass is 9.98. The second kappa shape index (κ2) is 8.08. The summed E-state index contributed by atoms with van der Waals surface area (Å²) in [6.07, 6.45) is 3.64. The minimum absolute atomic E-state index is 0.302. The lowest BCUT2D eigenvalue weighted by Gasteiger charge is -2.27. The van der Waals surface area contributed by atoms with Gasteiger partial charge in [-0.3, -0.25) is 4.79 Å². The summed E-state index contributed by atoms with van der Waals surface area (Å²) in [4.78, 5) is 11.5. The first-order chi connectivity index (χ1) is 9.01. The molecule has 5 nitrogen and oxygen atoms in total. The fourth-order valence-electron chi connectivity index (χ4n) is 1.38. The molecule has 0 aliphatic heterocycles. The number of carbonyl (C=O) groups is 1. The summed E-state index contributed by atoms with van der Waals surface area (Å²) in [6, 6.07) is 0. The smallest absolute Gasteiger partial charge is 0.237 e. The predicted octanol–water partition coefficient (Wildman–Crippen LogP) is 1.99. The van der Waals surface area contributed by atoms with Crippen LogP contribution in [0.5, 0.6) is 0 Å². The molecule has 1 heterocycles. The van der Waals surface area contributed by atoms with Gasteiger partial charge in [0, 0.05) is 5.75 Å². The van der Waals surface area contributed by atoms with Gasteiger partial charge in [-0.1, -0.05) is 41.8 Å². The van der Waals surface area contributed by atoms with Crippen LogP contribution in [0.1, 0.15) is 26.7 Å². The minimum Gasteiger partial charge on any atom is -0.368 e. The fraction of sp³-hybridized carbons (Fsp3) is 0.727. The van der Waals surface area contributed by atoms with Crippen molar-refractivity contribution in [2.24, 2.45) is 5.73 Å². The summed E-state index contributed by atoms with van der Waals surface area (Å²) < 4.78 is 1.90. The van der Waals surface area contributed by atoms with Gasteiger partial charge >= 0.3 is 0 Å². The predicted molar refractivity (Wildman–Crippen MR) is 82.9 cm³/mol. The van der Waals surface area contributed by atoms with Gasteiger partial charge in [-0.25, -0.2) is 0 Å². The number of thioether (sulfide) groups is 2. The average Bonchev–Trinajstić information content (AvgIpc) is 2.84. The molecule has 8 heteroatoms. The molecule has 0 fully saturated rings. The van der Waals surface area contributed by atoms with Gasteiger partial charge < -0.3 is 11.1 Å². The van der Waals surface area contributed by atoms with Crippen LogP contribution in [0, 0.1) is 0 Å². The van der Waals surface area contributed by atoms with E-state index in [4.69, 9.17) is 5.73 Å². The number of hydrogen-bond acceptors (Lipinski definition) is 7. The molecule has 3 N–H and O–H groups in total. The van der Waals surface area contributed by atoms with E-state index in [1.54, 1.807) is 34.9 Å². The van der Waals surface area contributed by atoms with E-state index in [1.807, 2.05) is 13.2 Å². The first kappa shape index (κ1) is 16.7. The van der Waals surface area contributed by atoms with E-state index in [1.165, 1.54) is 0 Å². The number of rotatable bonds is 9. The van der Waals surface area contributed by atoms with Gasteiger partial charge in [0.2, 0.25) is 5.91 Å². The Labute approximate surface area is 126 Å². The van der Waals surface area contributed by atoms with Crippen LogP contribution in [0.2, 0.25) is 0 Å². The van der Waals surface area contributed by atoms with Crippen molar-refractivity contribution in [1.82, 2.24) is 15.5 Å². The van der Waals surface area contributed by atoms with E-state index < -0.39 is 5.54 Å². The molecule has 1 unspecified atom stereocenters. The monoisotopic (exact) mass is 320 g/mol. The van der Waals surface area contributed by atoms with Crippen molar-refractivity contribution in [3.63, 3.8) is 0 Å². The van der Waals surface area contributed by atoms with Crippen molar-refractivity contribution in [3.8, 4) is 0 Å². The summed E-state index contributed by atoms with van der Waals surface area (Å²) in [7, 11) is 0. The Bertz CT molecular complexity index is 412. The lowest BCUT2D eigenvalue weighted by Crippen LogP contribution is -2.53. The zero-order chi connectivity index (χ0) is 14.3. The number of nitrogens with two attached hydrogens (primary N) is 1. The highest BCUT2D eigenvalue weighted by Crippen LogP contribution is 2.28. The summed E-state index contributed by atoms with van der Waals surface area (Å²) in [6.45, 7) is 4.72. The maximum atomic E-state index is 11.5. The van der Waals surface area contributed by atoms with E-state index >= 15 is 0 Å². The number of aromatic nitrogens is 2. The molecule has 108 valence electrons. The highest BCUT2D eigenvalue weighted by Gasteiger charge is 2.29. The van der Waals surface area contributed by atoms with Gasteiger partial charge in [0.1, 0.15) is 0 Å². The van der Waals surface area contributed by atoms with Crippen LogP contribution in [-0.4, -0.2) is 40.2 Å². The largest absolute Gasteiger partial charge is 0.368 e.